The summed E-state index contributed by atoms with van der Waals surface area (Å²) < 4.78 is 0. The number of hydrogen-bond donors (Lipinski definition) is 1. The molecule has 0 spiro atoms. The zero-order valence-corrected chi connectivity index (χ0v) is 18.9. The molecule has 161 valence electrons. The molecule has 28 heavy (non-hydrogen) atoms. The molecule has 3 aliphatic rings. The number of nitrogens with one attached hydrogen (secondary N) is 1. The van der Waals surface area contributed by atoms with Crippen LogP contribution in [0.4, 0.5) is 0 Å². The average Bonchev–Trinajstić information content (AvgIpc) is 2.82. The van der Waals surface area contributed by atoms with Gasteiger partial charge in [-0.2, -0.15) is 0 Å². The molecule has 0 aromatic carbocycles. The normalized spacial score (nSPS) is 30.3. The highest BCUT2D eigenvalue weighted by atomic mass is 14.9. The first-order valence-corrected chi connectivity index (χ1v) is 13.5. The Morgan fingerprint density at radius 3 is 1.71 bits per heavy atom. The topological polar surface area (TPSA) is 12.0 Å². The van der Waals surface area contributed by atoms with Crippen molar-refractivity contribution in [1.29, 1.82) is 0 Å². The van der Waals surface area contributed by atoms with E-state index in [9.17, 15) is 0 Å². The van der Waals surface area contributed by atoms with Crippen molar-refractivity contribution >= 4 is 7.28 Å². The molecule has 1 nitrogen and oxygen atoms in total. The van der Waals surface area contributed by atoms with E-state index in [1.165, 1.54) is 141 Å². The van der Waals surface area contributed by atoms with E-state index in [2.05, 4.69) is 12.6 Å². The van der Waals surface area contributed by atoms with E-state index >= 15 is 0 Å². The summed E-state index contributed by atoms with van der Waals surface area (Å²) in [6.07, 6.45) is 31.0. The van der Waals surface area contributed by atoms with Gasteiger partial charge < -0.3 is 5.32 Å². The van der Waals surface area contributed by atoms with Gasteiger partial charge in [0.15, 0.2) is 0 Å². The molecule has 3 rings (SSSR count). The predicted molar refractivity (Wildman–Crippen MR) is 125 cm³/mol. The fourth-order valence-corrected chi connectivity index (χ4v) is 6.19. The van der Waals surface area contributed by atoms with Crippen LogP contribution in [0.5, 0.6) is 0 Å². The molecule has 0 aromatic rings. The van der Waals surface area contributed by atoms with Crippen molar-refractivity contribution in [3.63, 3.8) is 0 Å². The van der Waals surface area contributed by atoms with Crippen LogP contribution >= 0.6 is 0 Å². The monoisotopic (exact) mass is 386 g/mol. The van der Waals surface area contributed by atoms with Crippen molar-refractivity contribution in [2.24, 2.45) is 11.8 Å². The van der Waals surface area contributed by atoms with Gasteiger partial charge in [0.05, 0.1) is 0 Å². The van der Waals surface area contributed by atoms with Crippen LogP contribution in [0.2, 0.25) is 12.1 Å². The summed E-state index contributed by atoms with van der Waals surface area (Å²) in [5.74, 6) is 2.89. The first-order valence-electron chi connectivity index (χ1n) is 13.5. The Hall–Kier alpha value is 0.0249. The van der Waals surface area contributed by atoms with Crippen LogP contribution in [0.25, 0.3) is 0 Å². The van der Waals surface area contributed by atoms with E-state index < -0.39 is 0 Å². The maximum absolute atomic E-state index is 4.03. The Labute approximate surface area is 177 Å². The number of rotatable bonds is 6. The van der Waals surface area contributed by atoms with E-state index in [-0.39, 0.29) is 0 Å². The van der Waals surface area contributed by atoms with Gasteiger partial charge in [0, 0.05) is 6.04 Å². The lowest BCUT2D eigenvalue weighted by atomic mass is 9.55. The van der Waals surface area contributed by atoms with Crippen molar-refractivity contribution in [3.05, 3.63) is 0 Å². The Morgan fingerprint density at radius 1 is 0.500 bits per heavy atom. The molecule has 0 heterocycles. The standard InChI is InChI=1S/C26H49BN/c1-2-5-11-16-24(15-10-4-1)22-28-26-18-12-17-25(19-20-26)27-21-23-13-8-6-3-7-9-14-23/h23-26,28H,1-22H2. The second kappa shape index (κ2) is 14.1. The lowest BCUT2D eigenvalue weighted by molar-refractivity contribution is 0.358. The van der Waals surface area contributed by atoms with Gasteiger partial charge in [-0.1, -0.05) is 115 Å². The van der Waals surface area contributed by atoms with Gasteiger partial charge in [-0.05, 0) is 44.1 Å². The lowest BCUT2D eigenvalue weighted by Crippen LogP contribution is -2.33. The Morgan fingerprint density at radius 2 is 1.07 bits per heavy atom. The SMILES string of the molecule is [B](CC1CCCCCCC1)C1CCCC(NCC2CCCCCCCC2)CC1. The molecule has 0 aromatic heterocycles. The van der Waals surface area contributed by atoms with Crippen LogP contribution in [0.15, 0.2) is 0 Å². The zero-order valence-electron chi connectivity index (χ0n) is 18.9. The molecule has 3 aliphatic carbocycles. The van der Waals surface area contributed by atoms with Gasteiger partial charge >= 0.3 is 0 Å². The minimum atomic E-state index is 0.812. The average molecular weight is 386 g/mol. The van der Waals surface area contributed by atoms with Crippen LogP contribution < -0.4 is 5.32 Å². The van der Waals surface area contributed by atoms with Gasteiger partial charge in [0.2, 0.25) is 0 Å². The van der Waals surface area contributed by atoms with E-state index in [0.717, 1.165) is 23.7 Å². The highest BCUT2D eigenvalue weighted by Crippen LogP contribution is 2.32. The second-order valence-corrected chi connectivity index (χ2v) is 10.6. The summed E-state index contributed by atoms with van der Waals surface area (Å²) in [5, 5.41) is 4.03. The molecular formula is C26H49BN. The summed E-state index contributed by atoms with van der Waals surface area (Å²) in [5.41, 5.74) is 0. The summed E-state index contributed by atoms with van der Waals surface area (Å²) in [7, 11) is 2.77. The largest absolute Gasteiger partial charge is 0.314 e. The molecule has 2 atom stereocenters. The number of hydrogen-bond acceptors (Lipinski definition) is 1. The molecule has 2 unspecified atom stereocenters. The molecule has 1 N–H and O–H groups in total. The molecule has 0 bridgehead atoms. The van der Waals surface area contributed by atoms with Crippen LogP contribution in [0.1, 0.15) is 128 Å². The molecule has 3 fully saturated rings. The molecule has 2 heteroatoms. The molecule has 0 amide bonds. The maximum atomic E-state index is 4.03. The van der Waals surface area contributed by atoms with Gasteiger partial charge in [0.25, 0.3) is 0 Å². The van der Waals surface area contributed by atoms with Crippen LogP contribution in [0, 0.1) is 11.8 Å². The zero-order chi connectivity index (χ0) is 19.3. The summed E-state index contributed by atoms with van der Waals surface area (Å²) >= 11 is 0. The van der Waals surface area contributed by atoms with Gasteiger partial charge in [0.1, 0.15) is 7.28 Å². The first-order chi connectivity index (χ1) is 13.9. The first kappa shape index (κ1) is 22.7. The molecule has 3 saturated carbocycles. The van der Waals surface area contributed by atoms with Gasteiger partial charge in [-0.3, -0.25) is 0 Å². The Bertz CT molecular complexity index is 367. The third-order valence-corrected chi connectivity index (χ3v) is 8.21. The lowest BCUT2D eigenvalue weighted by Gasteiger charge is -2.23. The van der Waals surface area contributed by atoms with E-state index in [4.69, 9.17) is 0 Å². The fraction of sp³-hybridized carbons (Fsp3) is 1.00. The van der Waals surface area contributed by atoms with Crippen molar-refractivity contribution in [2.75, 3.05) is 6.54 Å². The second-order valence-electron chi connectivity index (χ2n) is 10.6. The van der Waals surface area contributed by atoms with E-state index in [1.54, 1.807) is 0 Å². The Kier molecular flexibility index (Phi) is 11.4. The highest BCUT2D eigenvalue weighted by Gasteiger charge is 2.22. The minimum Gasteiger partial charge on any atom is -0.314 e. The fourth-order valence-electron chi connectivity index (χ4n) is 6.19. The summed E-state index contributed by atoms with van der Waals surface area (Å²) in [6.45, 7) is 1.31. The van der Waals surface area contributed by atoms with Crippen molar-refractivity contribution in [2.45, 2.75) is 147 Å². The van der Waals surface area contributed by atoms with Crippen molar-refractivity contribution < 1.29 is 0 Å². The predicted octanol–water partition coefficient (Wildman–Crippen LogP) is 7.93. The van der Waals surface area contributed by atoms with Crippen LogP contribution in [-0.2, 0) is 0 Å². The molecular weight excluding hydrogens is 337 g/mol. The van der Waals surface area contributed by atoms with Crippen molar-refractivity contribution in [3.8, 4) is 0 Å². The third kappa shape index (κ3) is 9.23. The van der Waals surface area contributed by atoms with Crippen molar-refractivity contribution in [1.82, 2.24) is 5.32 Å². The third-order valence-electron chi connectivity index (χ3n) is 8.21. The Balaban J connectivity index is 1.31. The summed E-state index contributed by atoms with van der Waals surface area (Å²) in [4.78, 5) is 0. The molecule has 0 saturated heterocycles. The van der Waals surface area contributed by atoms with Crippen LogP contribution in [-0.4, -0.2) is 19.9 Å². The van der Waals surface area contributed by atoms with Crippen LogP contribution in [0.3, 0.4) is 0 Å². The quantitative estimate of drug-likeness (QED) is 0.361. The highest BCUT2D eigenvalue weighted by molar-refractivity contribution is 6.37. The van der Waals surface area contributed by atoms with E-state index in [0.29, 0.717) is 0 Å². The summed E-state index contributed by atoms with van der Waals surface area (Å²) in [6, 6.07) is 0.812. The maximum Gasteiger partial charge on any atom is 0.113 e. The van der Waals surface area contributed by atoms with Gasteiger partial charge in [-0.25, -0.2) is 0 Å². The van der Waals surface area contributed by atoms with E-state index in [1.807, 2.05) is 0 Å². The smallest absolute Gasteiger partial charge is 0.113 e. The molecule has 0 aliphatic heterocycles. The van der Waals surface area contributed by atoms with Gasteiger partial charge in [-0.15, -0.1) is 0 Å². The minimum absolute atomic E-state index is 0.812. The molecule has 1 radical (unpaired) electrons.